The van der Waals surface area contributed by atoms with Crippen LogP contribution in [0.25, 0.3) is 0 Å². The third-order valence-corrected chi connectivity index (χ3v) is 3.64. The summed E-state index contributed by atoms with van der Waals surface area (Å²) in [5.74, 6) is 0.670. The number of nitrogens with zero attached hydrogens (tertiary/aromatic N) is 1. The van der Waals surface area contributed by atoms with Gasteiger partial charge in [-0.05, 0) is 26.0 Å². The molecule has 1 rings (SSSR count). The van der Waals surface area contributed by atoms with Gasteiger partial charge in [0.15, 0.2) is 0 Å². The maximum absolute atomic E-state index is 12.2. The molecule has 5 heteroatoms. The molecule has 0 radical (unpaired) electrons. The number of carbonyl (C=O) groups is 1. The first-order valence-corrected chi connectivity index (χ1v) is 7.45. The second kappa shape index (κ2) is 8.19. The lowest BCUT2D eigenvalue weighted by Gasteiger charge is -2.27. The molecule has 0 bridgehead atoms. The Bertz CT molecular complexity index is 384. The lowest BCUT2D eigenvalue weighted by Crippen LogP contribution is -2.38. The molecule has 1 aromatic rings. The second-order valence-corrected chi connectivity index (χ2v) is 5.57. The minimum absolute atomic E-state index is 0.0105. The maximum atomic E-state index is 12.2. The Kier molecular flexibility index (Phi) is 6.91. The maximum Gasteiger partial charge on any atom is 0.237 e. The van der Waals surface area contributed by atoms with E-state index in [9.17, 15) is 9.90 Å². The van der Waals surface area contributed by atoms with Crippen molar-refractivity contribution >= 4 is 23.4 Å². The van der Waals surface area contributed by atoms with Gasteiger partial charge in [0.1, 0.15) is 0 Å². The Morgan fingerprint density at radius 2 is 1.95 bits per heavy atom. The van der Waals surface area contributed by atoms with Gasteiger partial charge in [-0.2, -0.15) is 0 Å². The number of aliphatic hydroxyl groups excluding tert-OH is 2. The number of para-hydroxylation sites is 1. The summed E-state index contributed by atoms with van der Waals surface area (Å²) in [4.78, 5) is 14.0. The molecule has 1 aromatic carbocycles. The van der Waals surface area contributed by atoms with Gasteiger partial charge in [0, 0.05) is 17.5 Å². The molecule has 0 saturated carbocycles. The number of benzene rings is 1. The van der Waals surface area contributed by atoms with Crippen LogP contribution in [-0.4, -0.2) is 46.4 Å². The van der Waals surface area contributed by atoms with Gasteiger partial charge in [0.2, 0.25) is 5.91 Å². The van der Waals surface area contributed by atoms with Crippen LogP contribution in [0, 0.1) is 0 Å². The van der Waals surface area contributed by atoms with Crippen molar-refractivity contribution in [3.63, 3.8) is 0 Å². The van der Waals surface area contributed by atoms with Crippen molar-refractivity contribution in [1.29, 1.82) is 0 Å². The fourth-order valence-electron chi connectivity index (χ4n) is 1.72. The number of hydrogen-bond donors (Lipinski definition) is 2. The molecule has 4 nitrogen and oxygen atoms in total. The Morgan fingerprint density at radius 1 is 1.32 bits per heavy atom. The molecule has 19 heavy (non-hydrogen) atoms. The van der Waals surface area contributed by atoms with Gasteiger partial charge in [-0.15, -0.1) is 11.8 Å². The van der Waals surface area contributed by atoms with E-state index in [1.807, 2.05) is 44.2 Å². The van der Waals surface area contributed by atoms with E-state index in [4.69, 9.17) is 5.11 Å². The van der Waals surface area contributed by atoms with Crippen molar-refractivity contribution in [1.82, 2.24) is 0 Å². The van der Waals surface area contributed by atoms with Gasteiger partial charge in [0.25, 0.3) is 0 Å². The Morgan fingerprint density at radius 3 is 2.47 bits per heavy atom. The van der Waals surface area contributed by atoms with Crippen LogP contribution in [0.4, 0.5) is 5.69 Å². The number of hydrogen-bond acceptors (Lipinski definition) is 4. The molecule has 0 saturated heterocycles. The summed E-state index contributed by atoms with van der Waals surface area (Å²) in [5, 5.41) is 18.0. The molecule has 2 N–H and O–H groups in total. The zero-order valence-corrected chi connectivity index (χ0v) is 12.1. The third kappa shape index (κ3) is 5.22. The topological polar surface area (TPSA) is 60.8 Å². The van der Waals surface area contributed by atoms with Crippen molar-refractivity contribution in [2.75, 3.05) is 23.0 Å². The summed E-state index contributed by atoms with van der Waals surface area (Å²) in [6.45, 7) is 3.67. The van der Waals surface area contributed by atoms with Gasteiger partial charge < -0.3 is 15.1 Å². The highest BCUT2D eigenvalue weighted by Crippen LogP contribution is 2.18. The summed E-state index contributed by atoms with van der Waals surface area (Å²) in [6.07, 6.45) is -0.762. The Labute approximate surface area is 118 Å². The van der Waals surface area contributed by atoms with Crippen molar-refractivity contribution in [3.05, 3.63) is 30.3 Å². The van der Waals surface area contributed by atoms with Crippen LogP contribution in [0.5, 0.6) is 0 Å². The van der Waals surface area contributed by atoms with Gasteiger partial charge in [-0.1, -0.05) is 18.2 Å². The largest absolute Gasteiger partial charge is 0.394 e. The fourth-order valence-corrected chi connectivity index (χ4v) is 2.53. The quantitative estimate of drug-likeness (QED) is 0.796. The molecule has 1 atom stereocenters. The normalized spacial score (nSPS) is 12.5. The van der Waals surface area contributed by atoms with E-state index in [1.165, 1.54) is 11.8 Å². The van der Waals surface area contributed by atoms with Crippen molar-refractivity contribution in [3.8, 4) is 0 Å². The smallest absolute Gasteiger partial charge is 0.237 e. The van der Waals surface area contributed by atoms with E-state index in [2.05, 4.69) is 0 Å². The Hall–Kier alpha value is -1.04. The lowest BCUT2D eigenvalue weighted by molar-refractivity contribution is -0.116. The van der Waals surface area contributed by atoms with Gasteiger partial charge in [0.05, 0.1) is 18.5 Å². The molecule has 0 spiro atoms. The molecule has 0 aliphatic rings. The predicted octanol–water partition coefficient (Wildman–Crippen LogP) is 1.51. The highest BCUT2D eigenvalue weighted by molar-refractivity contribution is 8.00. The molecular formula is C14H21NO3S. The molecule has 106 valence electrons. The van der Waals surface area contributed by atoms with E-state index < -0.39 is 6.10 Å². The molecule has 0 fully saturated rings. The lowest BCUT2D eigenvalue weighted by atomic mass is 10.2. The predicted molar refractivity (Wildman–Crippen MR) is 79.5 cm³/mol. The van der Waals surface area contributed by atoms with E-state index in [0.29, 0.717) is 11.5 Å². The van der Waals surface area contributed by atoms with Crippen molar-refractivity contribution < 1.29 is 15.0 Å². The van der Waals surface area contributed by atoms with Crippen LogP contribution in [0.15, 0.2) is 30.3 Å². The first-order valence-electron chi connectivity index (χ1n) is 6.30. The first-order chi connectivity index (χ1) is 9.06. The molecule has 1 amide bonds. The zero-order valence-electron chi connectivity index (χ0n) is 11.3. The van der Waals surface area contributed by atoms with Crippen molar-refractivity contribution in [2.24, 2.45) is 0 Å². The summed E-state index contributed by atoms with van der Waals surface area (Å²) >= 11 is 1.33. The third-order valence-electron chi connectivity index (χ3n) is 2.57. The molecule has 0 heterocycles. The fraction of sp³-hybridized carbons (Fsp3) is 0.500. The summed E-state index contributed by atoms with van der Waals surface area (Å²) in [5.41, 5.74) is 0.880. The molecule has 0 aromatic heterocycles. The second-order valence-electron chi connectivity index (χ2n) is 4.54. The number of rotatable bonds is 7. The van der Waals surface area contributed by atoms with E-state index in [-0.39, 0.29) is 18.6 Å². The van der Waals surface area contributed by atoms with Crippen LogP contribution < -0.4 is 4.90 Å². The number of carbonyl (C=O) groups excluding carboxylic acids is 1. The van der Waals surface area contributed by atoms with Crippen LogP contribution in [0.3, 0.4) is 0 Å². The highest BCUT2D eigenvalue weighted by Gasteiger charge is 2.18. The number of anilines is 1. The van der Waals surface area contributed by atoms with Gasteiger partial charge >= 0.3 is 0 Å². The minimum atomic E-state index is -0.762. The van der Waals surface area contributed by atoms with Crippen LogP contribution >= 0.6 is 11.8 Å². The number of aliphatic hydroxyl groups is 2. The number of amides is 1. The first kappa shape index (κ1) is 16.0. The highest BCUT2D eigenvalue weighted by atomic mass is 32.2. The average Bonchev–Trinajstić information content (AvgIpc) is 2.39. The van der Waals surface area contributed by atoms with E-state index in [1.54, 1.807) is 4.90 Å². The van der Waals surface area contributed by atoms with Crippen LogP contribution in [0.1, 0.15) is 13.8 Å². The van der Waals surface area contributed by atoms with E-state index >= 15 is 0 Å². The van der Waals surface area contributed by atoms with Gasteiger partial charge in [-0.3, -0.25) is 4.79 Å². The van der Waals surface area contributed by atoms with Gasteiger partial charge in [-0.25, -0.2) is 0 Å². The molecule has 1 unspecified atom stereocenters. The average molecular weight is 283 g/mol. The SMILES string of the molecule is CC(C)N(C(=O)CSCC(O)CO)c1ccccc1. The minimum Gasteiger partial charge on any atom is -0.394 e. The monoisotopic (exact) mass is 283 g/mol. The van der Waals surface area contributed by atoms with E-state index in [0.717, 1.165) is 5.69 Å². The standard InChI is InChI=1S/C14H21NO3S/c1-11(2)15(12-6-4-3-5-7-12)14(18)10-19-9-13(17)8-16/h3-7,11,13,16-17H,8-10H2,1-2H3. The summed E-state index contributed by atoms with van der Waals surface area (Å²) in [7, 11) is 0. The Balaban J connectivity index is 2.60. The molecule has 0 aliphatic carbocycles. The number of thioether (sulfide) groups is 1. The zero-order chi connectivity index (χ0) is 14.3. The molecular weight excluding hydrogens is 262 g/mol. The molecule has 0 aliphatic heterocycles. The summed E-state index contributed by atoms with van der Waals surface area (Å²) in [6, 6.07) is 9.62. The van der Waals surface area contributed by atoms with Crippen molar-refractivity contribution in [2.45, 2.75) is 26.0 Å². The van der Waals surface area contributed by atoms with Crippen LogP contribution in [0.2, 0.25) is 0 Å². The summed E-state index contributed by atoms with van der Waals surface area (Å²) < 4.78 is 0. The van der Waals surface area contributed by atoms with Crippen LogP contribution in [-0.2, 0) is 4.79 Å².